The van der Waals surface area contributed by atoms with E-state index in [4.69, 9.17) is 5.11 Å². The molecule has 122 valence electrons. The number of hydrogen-bond acceptors (Lipinski definition) is 2. The molecule has 0 aliphatic heterocycles. The molecule has 1 fully saturated rings. The van der Waals surface area contributed by atoms with Gasteiger partial charge < -0.3 is 10.4 Å². The predicted octanol–water partition coefficient (Wildman–Crippen LogP) is 3.01. The number of carbonyl (C=O) groups excluding carboxylic acids is 1. The Balaban J connectivity index is 2.12. The summed E-state index contributed by atoms with van der Waals surface area (Å²) in [6.45, 7) is 1.88. The highest BCUT2D eigenvalue weighted by atomic mass is 19.4. The number of amides is 1. The lowest BCUT2D eigenvalue weighted by Gasteiger charge is -2.20. The van der Waals surface area contributed by atoms with Gasteiger partial charge in [0, 0.05) is 12.6 Å². The lowest BCUT2D eigenvalue weighted by molar-refractivity contribution is -0.137. The van der Waals surface area contributed by atoms with Crippen molar-refractivity contribution in [1.82, 2.24) is 5.32 Å². The fourth-order valence-electron chi connectivity index (χ4n) is 2.60. The number of aliphatic hydroxyl groups is 1. The van der Waals surface area contributed by atoms with Crippen molar-refractivity contribution in [1.29, 1.82) is 0 Å². The van der Waals surface area contributed by atoms with Gasteiger partial charge in [0.2, 0.25) is 5.91 Å². The highest BCUT2D eigenvalue weighted by Crippen LogP contribution is 2.49. The molecule has 1 aromatic rings. The van der Waals surface area contributed by atoms with Gasteiger partial charge in [0.1, 0.15) is 0 Å². The zero-order valence-corrected chi connectivity index (χ0v) is 12.4. The van der Waals surface area contributed by atoms with Crippen molar-refractivity contribution in [2.24, 2.45) is 0 Å². The summed E-state index contributed by atoms with van der Waals surface area (Å²) in [6, 6.07) is 4.91. The molecule has 1 aromatic carbocycles. The van der Waals surface area contributed by atoms with Gasteiger partial charge in [0.25, 0.3) is 0 Å². The summed E-state index contributed by atoms with van der Waals surface area (Å²) in [5, 5.41) is 11.6. The van der Waals surface area contributed by atoms with Gasteiger partial charge in [-0.2, -0.15) is 13.2 Å². The summed E-state index contributed by atoms with van der Waals surface area (Å²) >= 11 is 0. The molecule has 1 atom stereocenters. The van der Waals surface area contributed by atoms with Gasteiger partial charge in [-0.3, -0.25) is 4.79 Å². The summed E-state index contributed by atoms with van der Waals surface area (Å²) in [6.07, 6.45) is -2.06. The Kier molecular flexibility index (Phi) is 4.80. The molecule has 0 aromatic heterocycles. The van der Waals surface area contributed by atoms with E-state index in [1.54, 1.807) is 6.07 Å². The van der Waals surface area contributed by atoms with Crippen molar-refractivity contribution in [3.63, 3.8) is 0 Å². The third kappa shape index (κ3) is 3.61. The van der Waals surface area contributed by atoms with Crippen LogP contribution in [0.4, 0.5) is 13.2 Å². The molecule has 0 heterocycles. The molecule has 1 saturated carbocycles. The second-order valence-corrected chi connectivity index (χ2v) is 5.90. The van der Waals surface area contributed by atoms with Crippen LogP contribution < -0.4 is 5.32 Å². The Morgan fingerprint density at radius 2 is 2.09 bits per heavy atom. The maximum atomic E-state index is 12.8. The van der Waals surface area contributed by atoms with Crippen LogP contribution in [0.5, 0.6) is 0 Å². The first-order valence-electron chi connectivity index (χ1n) is 7.39. The van der Waals surface area contributed by atoms with E-state index >= 15 is 0 Å². The van der Waals surface area contributed by atoms with E-state index in [-0.39, 0.29) is 18.6 Å². The van der Waals surface area contributed by atoms with Crippen LogP contribution in [0.1, 0.15) is 43.7 Å². The summed E-state index contributed by atoms with van der Waals surface area (Å²) in [5.74, 6) is -0.225. The first-order valence-corrected chi connectivity index (χ1v) is 7.39. The summed E-state index contributed by atoms with van der Waals surface area (Å²) in [5.41, 5.74) is -1.12. The topological polar surface area (TPSA) is 49.3 Å². The number of nitrogens with one attached hydrogen (secondary N) is 1. The van der Waals surface area contributed by atoms with Crippen LogP contribution in [0, 0.1) is 0 Å². The third-order valence-electron chi connectivity index (χ3n) is 4.10. The molecule has 0 spiro atoms. The molecule has 0 saturated heterocycles. The van der Waals surface area contributed by atoms with Crippen LogP contribution in [-0.2, 0) is 16.4 Å². The largest absolute Gasteiger partial charge is 0.416 e. The Morgan fingerprint density at radius 1 is 1.41 bits per heavy atom. The minimum absolute atomic E-state index is 0.0545. The monoisotopic (exact) mass is 315 g/mol. The van der Waals surface area contributed by atoms with Crippen molar-refractivity contribution < 1.29 is 23.1 Å². The van der Waals surface area contributed by atoms with Crippen molar-refractivity contribution in [2.45, 2.75) is 50.2 Å². The van der Waals surface area contributed by atoms with E-state index in [0.29, 0.717) is 31.2 Å². The van der Waals surface area contributed by atoms with E-state index in [2.05, 4.69) is 5.32 Å². The minimum Gasteiger partial charge on any atom is -0.396 e. The van der Waals surface area contributed by atoms with Gasteiger partial charge in [-0.25, -0.2) is 0 Å². The van der Waals surface area contributed by atoms with E-state index in [9.17, 15) is 18.0 Å². The number of hydrogen-bond donors (Lipinski definition) is 2. The highest BCUT2D eigenvalue weighted by molar-refractivity contribution is 5.91. The third-order valence-corrected chi connectivity index (χ3v) is 4.10. The fourth-order valence-corrected chi connectivity index (χ4v) is 2.60. The standard InChI is InChI=1S/C16H20F3NO2/c1-11(4-3-9-21)20-14(22)15(7-8-15)12-5-2-6-13(10-12)16(17,18)19/h2,5-6,10-11,21H,3-4,7-9H2,1H3,(H,20,22). The second kappa shape index (κ2) is 6.28. The number of carbonyl (C=O) groups is 1. The lowest BCUT2D eigenvalue weighted by Crippen LogP contribution is -2.40. The van der Waals surface area contributed by atoms with Crippen LogP contribution >= 0.6 is 0 Å². The van der Waals surface area contributed by atoms with E-state index in [1.165, 1.54) is 6.07 Å². The van der Waals surface area contributed by atoms with Crippen LogP contribution in [0.3, 0.4) is 0 Å². The second-order valence-electron chi connectivity index (χ2n) is 5.90. The molecule has 2 N–H and O–H groups in total. The first-order chi connectivity index (χ1) is 10.3. The van der Waals surface area contributed by atoms with Gasteiger partial charge in [-0.15, -0.1) is 0 Å². The minimum atomic E-state index is -4.41. The van der Waals surface area contributed by atoms with Crippen LogP contribution in [0.25, 0.3) is 0 Å². The van der Waals surface area contributed by atoms with Crippen molar-refractivity contribution >= 4 is 5.91 Å². The molecule has 1 aliphatic rings. The van der Waals surface area contributed by atoms with Gasteiger partial charge in [0.05, 0.1) is 11.0 Å². The Hall–Kier alpha value is -1.56. The number of rotatable bonds is 6. The molecule has 0 radical (unpaired) electrons. The van der Waals surface area contributed by atoms with Gasteiger partial charge in [0.15, 0.2) is 0 Å². The smallest absolute Gasteiger partial charge is 0.396 e. The fraction of sp³-hybridized carbons (Fsp3) is 0.562. The van der Waals surface area contributed by atoms with Crippen LogP contribution in [0.2, 0.25) is 0 Å². The van der Waals surface area contributed by atoms with Crippen LogP contribution in [0.15, 0.2) is 24.3 Å². The van der Waals surface area contributed by atoms with Gasteiger partial charge >= 0.3 is 6.18 Å². The normalized spacial score (nSPS) is 17.9. The molecule has 2 rings (SSSR count). The van der Waals surface area contributed by atoms with E-state index < -0.39 is 17.2 Å². The zero-order valence-electron chi connectivity index (χ0n) is 12.4. The number of halogens is 3. The molecule has 1 amide bonds. The molecule has 22 heavy (non-hydrogen) atoms. The molecular weight excluding hydrogens is 295 g/mol. The summed E-state index contributed by atoms with van der Waals surface area (Å²) in [4.78, 5) is 12.4. The summed E-state index contributed by atoms with van der Waals surface area (Å²) < 4.78 is 38.4. The number of benzene rings is 1. The highest BCUT2D eigenvalue weighted by Gasteiger charge is 2.51. The molecule has 0 bridgehead atoms. The maximum absolute atomic E-state index is 12.8. The summed E-state index contributed by atoms with van der Waals surface area (Å²) in [7, 11) is 0. The Labute approximate surface area is 127 Å². The van der Waals surface area contributed by atoms with Gasteiger partial charge in [-0.1, -0.05) is 18.2 Å². The van der Waals surface area contributed by atoms with Gasteiger partial charge in [-0.05, 0) is 44.2 Å². The lowest BCUT2D eigenvalue weighted by atomic mass is 9.93. The molecule has 6 heteroatoms. The van der Waals surface area contributed by atoms with Crippen molar-refractivity contribution in [3.05, 3.63) is 35.4 Å². The average Bonchev–Trinajstić information content (AvgIpc) is 3.26. The first kappa shape index (κ1) is 16.8. The molecular formula is C16H20F3NO2. The van der Waals surface area contributed by atoms with Crippen molar-refractivity contribution in [3.8, 4) is 0 Å². The Morgan fingerprint density at radius 3 is 2.64 bits per heavy atom. The molecule has 1 unspecified atom stereocenters. The number of aliphatic hydroxyl groups excluding tert-OH is 1. The van der Waals surface area contributed by atoms with E-state index in [0.717, 1.165) is 12.1 Å². The van der Waals surface area contributed by atoms with E-state index in [1.807, 2.05) is 6.92 Å². The predicted molar refractivity (Wildman–Crippen MR) is 76.3 cm³/mol. The Bertz CT molecular complexity index is 538. The molecule has 1 aliphatic carbocycles. The SMILES string of the molecule is CC(CCCO)NC(=O)C1(c2cccc(C(F)(F)F)c2)CC1. The van der Waals surface area contributed by atoms with Crippen LogP contribution in [-0.4, -0.2) is 23.7 Å². The van der Waals surface area contributed by atoms with Crippen molar-refractivity contribution in [2.75, 3.05) is 6.61 Å². The zero-order chi connectivity index (χ0) is 16.4. The quantitative estimate of drug-likeness (QED) is 0.848. The molecule has 3 nitrogen and oxygen atoms in total. The maximum Gasteiger partial charge on any atom is 0.416 e. The number of alkyl halides is 3. The average molecular weight is 315 g/mol.